The van der Waals surface area contributed by atoms with Crippen LogP contribution in [0.5, 0.6) is 0 Å². The first kappa shape index (κ1) is 9.00. The third-order valence-electron chi connectivity index (χ3n) is 2.37. The van der Waals surface area contributed by atoms with E-state index in [2.05, 4.69) is 48.3 Å². The minimum absolute atomic E-state index is 0.537. The largest absolute Gasteiger partial charge is 0.278 e. The smallest absolute Gasteiger partial charge is 0.0652 e. The molecule has 1 aromatic heterocycles. The van der Waals surface area contributed by atoms with E-state index in [1.54, 1.807) is 6.20 Å². The summed E-state index contributed by atoms with van der Waals surface area (Å²) < 4.78 is 0. The zero-order valence-electron chi connectivity index (χ0n) is 8.49. The summed E-state index contributed by atoms with van der Waals surface area (Å²) in [4.78, 5) is 0. The highest BCUT2D eigenvalue weighted by molar-refractivity contribution is 5.63. The molecule has 2 rings (SSSR count). The third kappa shape index (κ3) is 1.55. The Balaban J connectivity index is 2.53. The van der Waals surface area contributed by atoms with Crippen molar-refractivity contribution in [3.05, 3.63) is 42.1 Å². The summed E-state index contributed by atoms with van der Waals surface area (Å²) in [7, 11) is 0. The van der Waals surface area contributed by atoms with Crippen LogP contribution in [-0.4, -0.2) is 10.2 Å². The zero-order valence-corrected chi connectivity index (χ0v) is 8.49. The molecule has 1 N–H and O–H groups in total. The Morgan fingerprint density at radius 1 is 1.14 bits per heavy atom. The van der Waals surface area contributed by atoms with Gasteiger partial charge in [-0.25, -0.2) is 0 Å². The minimum atomic E-state index is 0.537. The molecule has 0 amide bonds. The number of rotatable bonds is 2. The Kier molecular flexibility index (Phi) is 2.35. The summed E-state index contributed by atoms with van der Waals surface area (Å²) >= 11 is 0. The molecular weight excluding hydrogens is 172 g/mol. The first-order valence-corrected chi connectivity index (χ1v) is 4.87. The molecule has 0 aliphatic carbocycles. The van der Waals surface area contributed by atoms with E-state index in [0.717, 1.165) is 5.69 Å². The van der Waals surface area contributed by atoms with Crippen molar-refractivity contribution >= 4 is 0 Å². The molecule has 0 atom stereocenters. The lowest BCUT2D eigenvalue weighted by atomic mass is 9.96. The molecule has 2 nitrogen and oxygen atoms in total. The second kappa shape index (κ2) is 3.66. The van der Waals surface area contributed by atoms with Crippen LogP contribution in [0.4, 0.5) is 0 Å². The zero-order chi connectivity index (χ0) is 9.97. The average Bonchev–Trinajstić information content (AvgIpc) is 2.70. The molecular formula is C12H14N2. The van der Waals surface area contributed by atoms with Gasteiger partial charge in [0.05, 0.1) is 5.69 Å². The molecule has 0 radical (unpaired) electrons. The van der Waals surface area contributed by atoms with Gasteiger partial charge in [-0.1, -0.05) is 38.1 Å². The van der Waals surface area contributed by atoms with E-state index in [1.807, 2.05) is 6.07 Å². The van der Waals surface area contributed by atoms with E-state index in [4.69, 9.17) is 0 Å². The first-order valence-electron chi connectivity index (χ1n) is 4.87. The third-order valence-corrected chi connectivity index (χ3v) is 2.37. The molecule has 2 aromatic rings. The number of hydrogen-bond donors (Lipinski definition) is 1. The molecule has 1 heterocycles. The van der Waals surface area contributed by atoms with Crippen LogP contribution in [-0.2, 0) is 0 Å². The molecule has 0 spiro atoms. The van der Waals surface area contributed by atoms with Crippen molar-refractivity contribution in [2.24, 2.45) is 0 Å². The van der Waals surface area contributed by atoms with Gasteiger partial charge in [-0.2, -0.15) is 5.10 Å². The number of hydrogen-bond acceptors (Lipinski definition) is 1. The molecule has 72 valence electrons. The number of nitrogens with one attached hydrogen (secondary N) is 1. The maximum Gasteiger partial charge on any atom is 0.0652 e. The van der Waals surface area contributed by atoms with E-state index in [-0.39, 0.29) is 0 Å². The second-order valence-electron chi connectivity index (χ2n) is 3.71. The highest BCUT2D eigenvalue weighted by Gasteiger charge is 2.07. The standard InChI is InChI=1S/C12H14N2/c1-9(2)10-5-3-4-6-11(10)12-7-8-13-14-12/h3-9H,1-2H3,(H,13,14). The van der Waals surface area contributed by atoms with Crippen molar-refractivity contribution in [2.75, 3.05) is 0 Å². The summed E-state index contributed by atoms with van der Waals surface area (Å²) in [6, 6.07) is 10.4. The summed E-state index contributed by atoms with van der Waals surface area (Å²) in [5.41, 5.74) is 3.70. The lowest BCUT2D eigenvalue weighted by Crippen LogP contribution is -1.91. The summed E-state index contributed by atoms with van der Waals surface area (Å²) in [5.74, 6) is 0.537. The fraction of sp³-hybridized carbons (Fsp3) is 0.250. The topological polar surface area (TPSA) is 28.7 Å². The van der Waals surface area contributed by atoms with E-state index < -0.39 is 0 Å². The number of H-pyrrole nitrogens is 1. The van der Waals surface area contributed by atoms with E-state index in [0.29, 0.717) is 5.92 Å². The molecule has 1 aromatic carbocycles. The van der Waals surface area contributed by atoms with Crippen molar-refractivity contribution in [3.8, 4) is 11.3 Å². The molecule has 0 bridgehead atoms. The van der Waals surface area contributed by atoms with Crippen LogP contribution in [0.25, 0.3) is 11.3 Å². The molecule has 0 fully saturated rings. The van der Waals surface area contributed by atoms with Crippen molar-refractivity contribution in [2.45, 2.75) is 19.8 Å². The van der Waals surface area contributed by atoms with Gasteiger partial charge in [0.1, 0.15) is 0 Å². The second-order valence-corrected chi connectivity index (χ2v) is 3.71. The molecule has 2 heteroatoms. The predicted molar refractivity (Wildman–Crippen MR) is 58.1 cm³/mol. The highest BCUT2D eigenvalue weighted by atomic mass is 15.1. The van der Waals surface area contributed by atoms with Crippen LogP contribution in [0, 0.1) is 0 Å². The van der Waals surface area contributed by atoms with Crippen molar-refractivity contribution < 1.29 is 0 Å². The van der Waals surface area contributed by atoms with Crippen LogP contribution >= 0.6 is 0 Å². The van der Waals surface area contributed by atoms with Crippen molar-refractivity contribution in [1.29, 1.82) is 0 Å². The molecule has 0 saturated carbocycles. The van der Waals surface area contributed by atoms with Crippen LogP contribution in [0.3, 0.4) is 0 Å². The van der Waals surface area contributed by atoms with E-state index in [9.17, 15) is 0 Å². The first-order chi connectivity index (χ1) is 6.79. The lowest BCUT2D eigenvalue weighted by Gasteiger charge is -2.10. The van der Waals surface area contributed by atoms with Gasteiger partial charge in [0.2, 0.25) is 0 Å². The average molecular weight is 186 g/mol. The molecule has 0 aliphatic rings. The Morgan fingerprint density at radius 3 is 2.57 bits per heavy atom. The van der Waals surface area contributed by atoms with Gasteiger partial charge in [0, 0.05) is 11.8 Å². The Hall–Kier alpha value is -1.57. The van der Waals surface area contributed by atoms with Gasteiger partial charge >= 0.3 is 0 Å². The van der Waals surface area contributed by atoms with Crippen LogP contribution in [0.1, 0.15) is 25.3 Å². The van der Waals surface area contributed by atoms with E-state index in [1.165, 1.54) is 11.1 Å². The van der Waals surface area contributed by atoms with E-state index >= 15 is 0 Å². The van der Waals surface area contributed by atoms with Gasteiger partial charge < -0.3 is 0 Å². The Labute approximate surface area is 84.0 Å². The van der Waals surface area contributed by atoms with Crippen molar-refractivity contribution in [1.82, 2.24) is 10.2 Å². The molecule has 0 aliphatic heterocycles. The number of nitrogens with zero attached hydrogens (tertiary/aromatic N) is 1. The fourth-order valence-electron chi connectivity index (χ4n) is 1.65. The molecule has 0 unspecified atom stereocenters. The fourth-order valence-corrected chi connectivity index (χ4v) is 1.65. The lowest BCUT2D eigenvalue weighted by molar-refractivity contribution is 0.867. The maximum atomic E-state index is 3.97. The van der Waals surface area contributed by atoms with Gasteiger partial charge in [0.25, 0.3) is 0 Å². The predicted octanol–water partition coefficient (Wildman–Crippen LogP) is 3.20. The normalized spacial score (nSPS) is 10.8. The molecule has 0 saturated heterocycles. The van der Waals surface area contributed by atoms with Gasteiger partial charge in [0.15, 0.2) is 0 Å². The highest BCUT2D eigenvalue weighted by Crippen LogP contribution is 2.26. The monoisotopic (exact) mass is 186 g/mol. The van der Waals surface area contributed by atoms with Gasteiger partial charge in [-0.15, -0.1) is 0 Å². The summed E-state index contributed by atoms with van der Waals surface area (Å²) in [6.45, 7) is 4.41. The quantitative estimate of drug-likeness (QED) is 0.766. The Morgan fingerprint density at radius 2 is 1.93 bits per heavy atom. The summed E-state index contributed by atoms with van der Waals surface area (Å²) in [5, 5.41) is 6.97. The van der Waals surface area contributed by atoms with Crippen LogP contribution < -0.4 is 0 Å². The Bertz CT molecular complexity index is 402. The molecule has 14 heavy (non-hydrogen) atoms. The summed E-state index contributed by atoms with van der Waals surface area (Å²) in [6.07, 6.45) is 1.78. The maximum absolute atomic E-state index is 3.97. The van der Waals surface area contributed by atoms with Gasteiger partial charge in [-0.3, -0.25) is 5.10 Å². The number of benzene rings is 1. The van der Waals surface area contributed by atoms with Gasteiger partial charge in [-0.05, 0) is 17.5 Å². The minimum Gasteiger partial charge on any atom is -0.278 e. The number of aromatic amines is 1. The SMILES string of the molecule is CC(C)c1ccccc1-c1ccn[nH]1. The van der Waals surface area contributed by atoms with Crippen LogP contribution in [0.2, 0.25) is 0 Å². The van der Waals surface area contributed by atoms with Crippen molar-refractivity contribution in [3.63, 3.8) is 0 Å². The van der Waals surface area contributed by atoms with Crippen LogP contribution in [0.15, 0.2) is 36.5 Å². The number of aromatic nitrogens is 2.